The lowest BCUT2D eigenvalue weighted by Gasteiger charge is -2.39. The van der Waals surface area contributed by atoms with Crippen LogP contribution in [-0.2, 0) is 5.54 Å². The maximum absolute atomic E-state index is 13.5. The number of aromatic hydroxyl groups is 1. The number of rotatable bonds is 2. The van der Waals surface area contributed by atoms with Crippen LogP contribution >= 0.6 is 0 Å². The number of phenolic OH excluding ortho intramolecular Hbond substituents is 1. The number of hydrogen-bond acceptors (Lipinski definition) is 3. The zero-order valence-electron chi connectivity index (χ0n) is 8.59. The highest BCUT2D eigenvalue weighted by molar-refractivity contribution is 5.46. The molecule has 0 atom stereocenters. The second-order valence-corrected chi connectivity index (χ2v) is 3.99. The zero-order chi connectivity index (χ0) is 11.1. The predicted octanol–water partition coefficient (Wildman–Crippen LogP) is 1.88. The van der Waals surface area contributed by atoms with Gasteiger partial charge >= 0.3 is 0 Å². The molecule has 3 N–H and O–H groups in total. The van der Waals surface area contributed by atoms with E-state index in [4.69, 9.17) is 10.5 Å². The summed E-state index contributed by atoms with van der Waals surface area (Å²) < 4.78 is 18.5. The van der Waals surface area contributed by atoms with E-state index in [1.165, 1.54) is 13.2 Å². The van der Waals surface area contributed by atoms with Gasteiger partial charge < -0.3 is 15.6 Å². The molecule has 0 radical (unpaired) electrons. The van der Waals surface area contributed by atoms with Gasteiger partial charge in [0.2, 0.25) is 5.82 Å². The van der Waals surface area contributed by atoms with Crippen LogP contribution in [-0.4, -0.2) is 12.2 Å². The molecule has 0 heterocycles. The van der Waals surface area contributed by atoms with Crippen molar-refractivity contribution in [2.24, 2.45) is 5.73 Å². The minimum atomic E-state index is -0.730. The molecule has 1 aliphatic carbocycles. The van der Waals surface area contributed by atoms with Gasteiger partial charge in [0.15, 0.2) is 11.5 Å². The normalized spacial score (nSPS) is 18.3. The molecule has 15 heavy (non-hydrogen) atoms. The van der Waals surface area contributed by atoms with E-state index in [-0.39, 0.29) is 5.75 Å². The van der Waals surface area contributed by atoms with Gasteiger partial charge in [0.1, 0.15) is 0 Å². The highest BCUT2D eigenvalue weighted by Gasteiger charge is 2.38. The fourth-order valence-electron chi connectivity index (χ4n) is 1.96. The summed E-state index contributed by atoms with van der Waals surface area (Å²) in [6, 6.07) is 2.95. The smallest absolute Gasteiger partial charge is 0.206 e. The summed E-state index contributed by atoms with van der Waals surface area (Å²) in [6.45, 7) is 0. The van der Waals surface area contributed by atoms with Crippen LogP contribution in [0.25, 0.3) is 0 Å². The first-order valence-corrected chi connectivity index (χ1v) is 4.93. The third-order valence-corrected chi connectivity index (χ3v) is 3.06. The zero-order valence-corrected chi connectivity index (χ0v) is 8.59. The van der Waals surface area contributed by atoms with Gasteiger partial charge in [-0.1, -0.05) is 0 Å². The van der Waals surface area contributed by atoms with Crippen LogP contribution in [0.4, 0.5) is 4.39 Å². The lowest BCUT2D eigenvalue weighted by atomic mass is 9.72. The summed E-state index contributed by atoms with van der Waals surface area (Å²) in [5.41, 5.74) is 6.25. The Morgan fingerprint density at radius 3 is 2.60 bits per heavy atom. The molecule has 0 bridgehead atoms. The topological polar surface area (TPSA) is 55.5 Å². The van der Waals surface area contributed by atoms with Crippen molar-refractivity contribution in [2.75, 3.05) is 7.11 Å². The van der Waals surface area contributed by atoms with Crippen molar-refractivity contribution < 1.29 is 14.2 Å². The van der Waals surface area contributed by atoms with E-state index in [1.54, 1.807) is 6.07 Å². The molecule has 82 valence electrons. The quantitative estimate of drug-likeness (QED) is 0.785. The molecule has 0 amide bonds. The number of nitrogens with two attached hydrogens (primary N) is 1. The van der Waals surface area contributed by atoms with Crippen LogP contribution < -0.4 is 10.5 Å². The van der Waals surface area contributed by atoms with Gasteiger partial charge in [0.25, 0.3) is 0 Å². The summed E-state index contributed by atoms with van der Waals surface area (Å²) in [5, 5.41) is 9.22. The molecule has 3 nitrogen and oxygen atoms in total. The lowest BCUT2D eigenvalue weighted by Crippen LogP contribution is -2.43. The van der Waals surface area contributed by atoms with Gasteiger partial charge in [-0.05, 0) is 31.4 Å². The minimum Gasteiger partial charge on any atom is -0.505 e. The Hall–Kier alpha value is -1.29. The number of hydrogen-bond donors (Lipinski definition) is 2. The highest BCUT2D eigenvalue weighted by atomic mass is 19.1. The largest absolute Gasteiger partial charge is 0.505 e. The molecule has 0 aliphatic heterocycles. The van der Waals surface area contributed by atoms with Crippen LogP contribution in [0.3, 0.4) is 0 Å². The Kier molecular flexibility index (Phi) is 2.31. The maximum Gasteiger partial charge on any atom is 0.206 e. The van der Waals surface area contributed by atoms with E-state index >= 15 is 0 Å². The first kappa shape index (κ1) is 10.2. The molecule has 1 aromatic rings. The third-order valence-electron chi connectivity index (χ3n) is 3.06. The molecule has 0 unspecified atom stereocenters. The molecule has 0 spiro atoms. The van der Waals surface area contributed by atoms with Gasteiger partial charge in [-0.2, -0.15) is 4.39 Å². The van der Waals surface area contributed by atoms with Gasteiger partial charge in [0, 0.05) is 11.1 Å². The Morgan fingerprint density at radius 1 is 1.47 bits per heavy atom. The second kappa shape index (κ2) is 3.38. The van der Waals surface area contributed by atoms with Crippen molar-refractivity contribution in [3.8, 4) is 11.5 Å². The molecular weight excluding hydrogens is 197 g/mol. The first-order chi connectivity index (χ1) is 7.08. The summed E-state index contributed by atoms with van der Waals surface area (Å²) >= 11 is 0. The third kappa shape index (κ3) is 1.45. The Labute approximate surface area is 87.7 Å². The maximum atomic E-state index is 13.5. The number of benzene rings is 1. The Morgan fingerprint density at radius 2 is 2.13 bits per heavy atom. The van der Waals surface area contributed by atoms with Crippen molar-refractivity contribution in [1.29, 1.82) is 0 Å². The van der Waals surface area contributed by atoms with Crippen LogP contribution in [0.2, 0.25) is 0 Å². The molecule has 1 saturated carbocycles. The molecule has 4 heteroatoms. The van der Waals surface area contributed by atoms with Crippen LogP contribution in [0.15, 0.2) is 12.1 Å². The molecule has 0 aromatic heterocycles. The summed E-state index contributed by atoms with van der Waals surface area (Å²) in [7, 11) is 1.38. The molecule has 1 aliphatic rings. The van der Waals surface area contributed by atoms with E-state index in [0.29, 0.717) is 5.56 Å². The molecule has 0 saturated heterocycles. The summed E-state index contributed by atoms with van der Waals surface area (Å²) in [4.78, 5) is 0. The minimum absolute atomic E-state index is 0.0669. The van der Waals surface area contributed by atoms with Crippen molar-refractivity contribution in [3.05, 3.63) is 23.5 Å². The number of phenols is 1. The van der Waals surface area contributed by atoms with Gasteiger partial charge in [-0.25, -0.2) is 0 Å². The number of methoxy groups -OCH3 is 1. The Balaban J connectivity index is 2.52. The molecule has 2 rings (SSSR count). The standard InChI is InChI=1S/C11H14FNO2/c1-15-10-7(11(13)5-2-6-11)3-4-8(14)9(10)12/h3-4,14H,2,5-6,13H2,1H3. The Bertz CT molecular complexity index is 388. The van der Waals surface area contributed by atoms with Crippen molar-refractivity contribution in [2.45, 2.75) is 24.8 Å². The van der Waals surface area contributed by atoms with Crippen molar-refractivity contribution >= 4 is 0 Å². The average Bonchev–Trinajstić information content (AvgIpc) is 2.18. The summed E-state index contributed by atoms with van der Waals surface area (Å²) in [5.74, 6) is -1.07. The number of ether oxygens (including phenoxy) is 1. The van der Waals surface area contributed by atoms with Crippen LogP contribution in [0, 0.1) is 5.82 Å². The monoisotopic (exact) mass is 211 g/mol. The fraction of sp³-hybridized carbons (Fsp3) is 0.455. The second-order valence-electron chi connectivity index (χ2n) is 3.99. The molecular formula is C11H14FNO2. The van der Waals surface area contributed by atoms with E-state index in [1.807, 2.05) is 0 Å². The van der Waals surface area contributed by atoms with E-state index < -0.39 is 17.1 Å². The van der Waals surface area contributed by atoms with Crippen molar-refractivity contribution in [1.82, 2.24) is 0 Å². The van der Waals surface area contributed by atoms with Gasteiger partial charge in [-0.3, -0.25) is 0 Å². The van der Waals surface area contributed by atoms with Crippen LogP contribution in [0.5, 0.6) is 11.5 Å². The predicted molar refractivity (Wildman–Crippen MR) is 54.3 cm³/mol. The fourth-order valence-corrected chi connectivity index (χ4v) is 1.96. The van der Waals surface area contributed by atoms with Gasteiger partial charge in [-0.15, -0.1) is 0 Å². The van der Waals surface area contributed by atoms with E-state index in [0.717, 1.165) is 19.3 Å². The van der Waals surface area contributed by atoms with Gasteiger partial charge in [0.05, 0.1) is 7.11 Å². The van der Waals surface area contributed by atoms with Crippen molar-refractivity contribution in [3.63, 3.8) is 0 Å². The average molecular weight is 211 g/mol. The van der Waals surface area contributed by atoms with E-state index in [2.05, 4.69) is 0 Å². The SMILES string of the molecule is COc1c(C2(N)CCC2)ccc(O)c1F. The van der Waals surface area contributed by atoms with Crippen LogP contribution in [0.1, 0.15) is 24.8 Å². The number of halogens is 1. The lowest BCUT2D eigenvalue weighted by molar-refractivity contribution is 0.239. The summed E-state index contributed by atoms with van der Waals surface area (Å²) in [6.07, 6.45) is 2.70. The molecule has 1 fully saturated rings. The highest BCUT2D eigenvalue weighted by Crippen LogP contribution is 2.44. The first-order valence-electron chi connectivity index (χ1n) is 4.93. The molecule has 1 aromatic carbocycles. The van der Waals surface area contributed by atoms with E-state index in [9.17, 15) is 9.50 Å².